The summed E-state index contributed by atoms with van der Waals surface area (Å²) in [5, 5.41) is 0. The molecule has 10 nitrogen and oxygen atoms in total. The fraction of sp³-hybridized carbons (Fsp3) is 0.711. The largest absolute Gasteiger partial charge is 0.494 e. The highest BCUT2D eigenvalue weighted by Gasteiger charge is 2.43. The van der Waals surface area contributed by atoms with E-state index in [1.165, 1.54) is 24.8 Å². The molecule has 0 N–H and O–H groups in total. The number of piperidine rings is 1. The van der Waals surface area contributed by atoms with Crippen molar-refractivity contribution >= 4 is 5.91 Å². The highest BCUT2D eigenvalue weighted by atomic mass is 16.5. The van der Waals surface area contributed by atoms with Crippen molar-refractivity contribution in [3.05, 3.63) is 59.7 Å². The van der Waals surface area contributed by atoms with Gasteiger partial charge in [-0.2, -0.15) is 0 Å². The van der Waals surface area contributed by atoms with Gasteiger partial charge < -0.3 is 43.3 Å². The molecule has 0 aromatic heterocycles. The predicted octanol–water partition coefficient (Wildman–Crippen LogP) is 6.01. The second kappa shape index (κ2) is 20.6. The summed E-state index contributed by atoms with van der Waals surface area (Å²) in [5.74, 6) is 2.07. The van der Waals surface area contributed by atoms with Crippen LogP contribution in [0.4, 0.5) is 0 Å². The number of nitrogens with zero attached hydrogens (tertiary/aromatic N) is 4. The molecule has 0 atom stereocenters. The molecule has 4 heterocycles. The number of hydrogen-bond donors (Lipinski definition) is 0. The maximum atomic E-state index is 13.0. The summed E-state index contributed by atoms with van der Waals surface area (Å²) < 4.78 is 28.9. The van der Waals surface area contributed by atoms with Gasteiger partial charge in [0.15, 0.2) is 0 Å². The SMILES string of the molecule is CN(C)C(=O)C1(c2ccc(OC3CCN(C4CCC4)CC3)cc2)CCOCC1.CN(C)CC1(c2ccc(OCCCN3CCCOCC3)cc2)CCOCC1. The van der Waals surface area contributed by atoms with E-state index in [2.05, 4.69) is 65.2 Å². The monoisotopic (exact) mass is 763 g/mol. The zero-order valence-corrected chi connectivity index (χ0v) is 34.5. The molecule has 0 spiro atoms. The van der Waals surface area contributed by atoms with Gasteiger partial charge in [0.25, 0.3) is 0 Å². The second-order valence-electron chi connectivity index (χ2n) is 17.0. The fourth-order valence-electron chi connectivity index (χ4n) is 9.24. The molecule has 10 heteroatoms. The molecule has 0 radical (unpaired) electrons. The van der Waals surface area contributed by atoms with E-state index in [9.17, 15) is 4.79 Å². The molecule has 1 aliphatic carbocycles. The van der Waals surface area contributed by atoms with Gasteiger partial charge >= 0.3 is 0 Å². The van der Waals surface area contributed by atoms with Gasteiger partial charge in [0.05, 0.1) is 18.6 Å². The average Bonchev–Trinajstić information content (AvgIpc) is 3.46. The van der Waals surface area contributed by atoms with E-state index in [0.29, 0.717) is 19.3 Å². The van der Waals surface area contributed by atoms with E-state index in [4.69, 9.17) is 23.7 Å². The van der Waals surface area contributed by atoms with Crippen LogP contribution in [-0.4, -0.2) is 151 Å². The molecule has 2 aromatic carbocycles. The molecule has 4 aliphatic heterocycles. The smallest absolute Gasteiger partial charge is 0.232 e. The Balaban J connectivity index is 0.000000187. The number of rotatable bonds is 13. The lowest BCUT2D eigenvalue weighted by Crippen LogP contribution is -2.47. The van der Waals surface area contributed by atoms with Crippen LogP contribution in [0.5, 0.6) is 11.5 Å². The zero-order valence-electron chi connectivity index (χ0n) is 34.5. The standard InChI is InChI=1S/C23H34N2O3.C22H36N2O3/c1-24(2)22(26)23(12-16-27-17-13-23)18-6-8-20(9-7-18)28-21-10-14-25(15-11-21)19-4-3-5-19;1-23(2)19-22(9-16-26-17-10-22)20-5-7-21(8-6-20)27-15-4-12-24-11-3-14-25-18-13-24/h6-9,19,21H,3-5,10-17H2,1-2H3;5-8H,3-4,9-19H2,1-2H3. The maximum absolute atomic E-state index is 13.0. The van der Waals surface area contributed by atoms with Crippen LogP contribution in [0.3, 0.4) is 0 Å². The van der Waals surface area contributed by atoms with Crippen molar-refractivity contribution in [2.45, 2.75) is 93.6 Å². The third-order valence-corrected chi connectivity index (χ3v) is 12.7. The normalized spacial score (nSPS) is 22.5. The molecule has 5 fully saturated rings. The van der Waals surface area contributed by atoms with E-state index in [1.807, 2.05) is 26.2 Å². The average molecular weight is 763 g/mol. The summed E-state index contributed by atoms with van der Waals surface area (Å²) in [6.07, 6.45) is 12.5. The molecule has 1 amide bonds. The van der Waals surface area contributed by atoms with E-state index in [0.717, 1.165) is 147 Å². The topological polar surface area (TPSA) is 76.2 Å². The van der Waals surface area contributed by atoms with Crippen molar-refractivity contribution in [1.29, 1.82) is 0 Å². The molecule has 0 bridgehead atoms. The minimum absolute atomic E-state index is 0.174. The van der Waals surface area contributed by atoms with Crippen LogP contribution in [0.25, 0.3) is 0 Å². The molecule has 306 valence electrons. The zero-order chi connectivity index (χ0) is 38.5. The molecule has 5 aliphatic rings. The highest BCUT2D eigenvalue weighted by Crippen LogP contribution is 2.38. The number of hydrogen-bond acceptors (Lipinski definition) is 9. The summed E-state index contributed by atoms with van der Waals surface area (Å²) >= 11 is 0. The molecule has 0 unspecified atom stereocenters. The predicted molar refractivity (Wildman–Crippen MR) is 218 cm³/mol. The van der Waals surface area contributed by atoms with Gasteiger partial charge in [0.2, 0.25) is 5.91 Å². The van der Waals surface area contributed by atoms with E-state index < -0.39 is 5.41 Å². The Kier molecular flexibility index (Phi) is 15.7. The van der Waals surface area contributed by atoms with Crippen molar-refractivity contribution in [3.63, 3.8) is 0 Å². The lowest BCUT2D eigenvalue weighted by molar-refractivity contribution is -0.138. The van der Waals surface area contributed by atoms with Gasteiger partial charge in [-0.3, -0.25) is 4.79 Å². The van der Waals surface area contributed by atoms with E-state index >= 15 is 0 Å². The minimum Gasteiger partial charge on any atom is -0.494 e. The molecular formula is C45H70N4O6. The highest BCUT2D eigenvalue weighted by molar-refractivity contribution is 5.88. The summed E-state index contributed by atoms with van der Waals surface area (Å²) in [5.41, 5.74) is 2.24. The summed E-state index contributed by atoms with van der Waals surface area (Å²) in [7, 11) is 8.00. The first kappa shape index (κ1) is 41.9. The van der Waals surface area contributed by atoms with Crippen molar-refractivity contribution < 1.29 is 28.5 Å². The third-order valence-electron chi connectivity index (χ3n) is 12.7. The van der Waals surface area contributed by atoms with Crippen LogP contribution in [0.15, 0.2) is 48.5 Å². The van der Waals surface area contributed by atoms with Gasteiger partial charge in [-0.1, -0.05) is 30.7 Å². The number of likely N-dealkylation sites (tertiary alicyclic amines) is 1. The first-order chi connectivity index (χ1) is 26.8. The van der Waals surface area contributed by atoms with Crippen LogP contribution in [0, 0.1) is 0 Å². The number of carbonyl (C=O) groups excluding carboxylic acids is 1. The second-order valence-corrected chi connectivity index (χ2v) is 17.0. The summed E-state index contributed by atoms with van der Waals surface area (Å²) in [6.45, 7) is 12.2. The molecule has 1 saturated carbocycles. The number of likely N-dealkylation sites (N-methyl/N-ethyl adjacent to an activating group) is 2. The van der Waals surface area contributed by atoms with Crippen LogP contribution >= 0.6 is 0 Å². The summed E-state index contributed by atoms with van der Waals surface area (Å²) in [6, 6.07) is 17.9. The maximum Gasteiger partial charge on any atom is 0.232 e. The van der Waals surface area contributed by atoms with Crippen LogP contribution < -0.4 is 9.47 Å². The Morgan fingerprint density at radius 3 is 1.95 bits per heavy atom. The first-order valence-electron chi connectivity index (χ1n) is 21.3. The Labute approximate surface area is 331 Å². The Morgan fingerprint density at radius 2 is 1.33 bits per heavy atom. The number of amides is 1. The van der Waals surface area contributed by atoms with Crippen LogP contribution in [0.1, 0.15) is 81.8 Å². The number of ether oxygens (including phenoxy) is 5. The van der Waals surface area contributed by atoms with Gasteiger partial charge in [0.1, 0.15) is 17.6 Å². The van der Waals surface area contributed by atoms with Gasteiger partial charge in [0, 0.05) is 97.9 Å². The molecule has 7 rings (SSSR count). The van der Waals surface area contributed by atoms with Gasteiger partial charge in [-0.15, -0.1) is 0 Å². The Bertz CT molecular complexity index is 1400. The number of benzene rings is 2. The van der Waals surface area contributed by atoms with Crippen molar-refractivity contribution in [3.8, 4) is 11.5 Å². The van der Waals surface area contributed by atoms with Gasteiger partial charge in [-0.05, 0) is 114 Å². The van der Waals surface area contributed by atoms with Crippen molar-refractivity contribution in [1.82, 2.24) is 19.6 Å². The third kappa shape index (κ3) is 11.4. The fourth-order valence-corrected chi connectivity index (χ4v) is 9.24. The van der Waals surface area contributed by atoms with Crippen molar-refractivity contribution in [2.24, 2.45) is 0 Å². The van der Waals surface area contributed by atoms with Crippen molar-refractivity contribution in [2.75, 3.05) is 114 Å². The molecule has 55 heavy (non-hydrogen) atoms. The summed E-state index contributed by atoms with van der Waals surface area (Å²) in [4.78, 5) is 22.1. The quantitative estimate of drug-likeness (QED) is 0.229. The Morgan fingerprint density at radius 1 is 0.709 bits per heavy atom. The van der Waals surface area contributed by atoms with E-state index in [-0.39, 0.29) is 11.3 Å². The lowest BCUT2D eigenvalue weighted by atomic mass is 9.73. The molecule has 4 saturated heterocycles. The molecule has 2 aromatic rings. The minimum atomic E-state index is -0.464. The first-order valence-corrected chi connectivity index (χ1v) is 21.3. The van der Waals surface area contributed by atoms with E-state index in [1.54, 1.807) is 4.90 Å². The molecular weight excluding hydrogens is 693 g/mol. The lowest BCUT2D eigenvalue weighted by Gasteiger charge is -2.41. The van der Waals surface area contributed by atoms with Crippen LogP contribution in [-0.2, 0) is 29.8 Å². The number of carbonyl (C=O) groups is 1. The van der Waals surface area contributed by atoms with Gasteiger partial charge in [-0.25, -0.2) is 0 Å². The van der Waals surface area contributed by atoms with Crippen LogP contribution in [0.2, 0.25) is 0 Å². The Hall–Kier alpha value is -2.73.